The van der Waals surface area contributed by atoms with E-state index in [-0.39, 0.29) is 23.2 Å². The van der Waals surface area contributed by atoms with E-state index in [1.165, 1.54) is 13.1 Å². The molecule has 0 radical (unpaired) electrons. The van der Waals surface area contributed by atoms with Crippen molar-refractivity contribution >= 4 is 17.3 Å². The van der Waals surface area contributed by atoms with Gasteiger partial charge in [0.2, 0.25) is 0 Å². The molecule has 0 heterocycles. The number of nitro groups is 1. The maximum Gasteiger partial charge on any atom is 0.293 e. The Morgan fingerprint density at radius 2 is 2.15 bits per heavy atom. The first-order valence-electron chi connectivity index (χ1n) is 6.76. The van der Waals surface area contributed by atoms with Gasteiger partial charge >= 0.3 is 0 Å². The first-order chi connectivity index (χ1) is 9.49. The van der Waals surface area contributed by atoms with Gasteiger partial charge in [-0.1, -0.05) is 19.8 Å². The number of nitrogens with one attached hydrogen (secondary N) is 2. The van der Waals surface area contributed by atoms with Gasteiger partial charge in [0.1, 0.15) is 5.69 Å². The van der Waals surface area contributed by atoms with Crippen molar-refractivity contribution in [2.45, 2.75) is 39.2 Å². The summed E-state index contributed by atoms with van der Waals surface area (Å²) in [5, 5.41) is 16.7. The molecule has 6 heteroatoms. The van der Waals surface area contributed by atoms with Crippen LogP contribution in [-0.4, -0.2) is 23.9 Å². The van der Waals surface area contributed by atoms with E-state index in [2.05, 4.69) is 17.6 Å². The molecule has 1 rings (SSSR count). The predicted molar refractivity (Wildman–Crippen MR) is 79.1 cm³/mol. The fraction of sp³-hybridized carbons (Fsp3) is 0.500. The van der Waals surface area contributed by atoms with Crippen molar-refractivity contribution in [3.05, 3.63) is 33.9 Å². The first-order valence-corrected chi connectivity index (χ1v) is 6.76. The number of hydrogen-bond acceptors (Lipinski definition) is 4. The van der Waals surface area contributed by atoms with Crippen LogP contribution in [0.1, 0.15) is 43.5 Å². The van der Waals surface area contributed by atoms with Crippen molar-refractivity contribution in [1.29, 1.82) is 0 Å². The van der Waals surface area contributed by atoms with Crippen LogP contribution in [0.2, 0.25) is 0 Å². The second-order valence-electron chi connectivity index (χ2n) is 4.76. The molecule has 110 valence electrons. The summed E-state index contributed by atoms with van der Waals surface area (Å²) in [7, 11) is 1.49. The third-order valence-electron chi connectivity index (χ3n) is 3.08. The fourth-order valence-corrected chi connectivity index (χ4v) is 1.94. The largest absolute Gasteiger partial charge is 0.377 e. The third-order valence-corrected chi connectivity index (χ3v) is 3.08. The van der Waals surface area contributed by atoms with Crippen LogP contribution in [0, 0.1) is 10.1 Å². The third kappa shape index (κ3) is 4.22. The van der Waals surface area contributed by atoms with Crippen molar-refractivity contribution in [3.8, 4) is 0 Å². The molecule has 2 N–H and O–H groups in total. The van der Waals surface area contributed by atoms with Gasteiger partial charge in [-0.2, -0.15) is 0 Å². The number of hydrogen-bond donors (Lipinski definition) is 2. The quantitative estimate of drug-likeness (QED) is 0.593. The second kappa shape index (κ2) is 7.47. The number of carbonyl (C=O) groups excluding carboxylic acids is 1. The minimum Gasteiger partial charge on any atom is -0.377 e. The first kappa shape index (κ1) is 15.9. The number of anilines is 1. The van der Waals surface area contributed by atoms with E-state index < -0.39 is 4.92 Å². The van der Waals surface area contributed by atoms with Gasteiger partial charge in [-0.3, -0.25) is 14.9 Å². The zero-order valence-corrected chi connectivity index (χ0v) is 12.1. The van der Waals surface area contributed by atoms with Crippen LogP contribution in [0.25, 0.3) is 0 Å². The molecule has 0 fully saturated rings. The van der Waals surface area contributed by atoms with Crippen molar-refractivity contribution < 1.29 is 9.72 Å². The highest BCUT2D eigenvalue weighted by molar-refractivity contribution is 5.95. The summed E-state index contributed by atoms with van der Waals surface area (Å²) in [5.74, 6) is -0.335. The summed E-state index contributed by atoms with van der Waals surface area (Å²) in [4.78, 5) is 22.2. The van der Waals surface area contributed by atoms with Gasteiger partial charge in [-0.05, 0) is 25.5 Å². The summed E-state index contributed by atoms with van der Waals surface area (Å²) in [5.41, 5.74) is 0.659. The standard InChI is InChI=1S/C14H21N3O3/c1-4-5-6-10(2)16-12-8-7-11(14(18)15-3)9-13(12)17(19)20/h7-10,16H,4-6H2,1-3H3,(H,15,18). The zero-order valence-electron chi connectivity index (χ0n) is 12.1. The summed E-state index contributed by atoms with van der Waals surface area (Å²) in [6.07, 6.45) is 3.10. The Bertz CT molecular complexity index is 489. The summed E-state index contributed by atoms with van der Waals surface area (Å²) < 4.78 is 0. The minimum absolute atomic E-state index is 0.0746. The van der Waals surface area contributed by atoms with Crippen LogP contribution in [0.15, 0.2) is 18.2 Å². The van der Waals surface area contributed by atoms with Gasteiger partial charge in [0.15, 0.2) is 0 Å². The van der Waals surface area contributed by atoms with Crippen LogP contribution in [0.3, 0.4) is 0 Å². The summed E-state index contributed by atoms with van der Waals surface area (Å²) >= 11 is 0. The van der Waals surface area contributed by atoms with Gasteiger partial charge in [0.25, 0.3) is 11.6 Å². The molecule has 1 unspecified atom stereocenters. The van der Waals surface area contributed by atoms with E-state index >= 15 is 0 Å². The Hall–Kier alpha value is -2.11. The molecule has 1 aromatic rings. The molecular formula is C14H21N3O3. The minimum atomic E-state index is -0.471. The van der Waals surface area contributed by atoms with Gasteiger partial charge in [-0.15, -0.1) is 0 Å². The number of carbonyl (C=O) groups is 1. The van der Waals surface area contributed by atoms with Gasteiger partial charge in [0.05, 0.1) is 4.92 Å². The zero-order chi connectivity index (χ0) is 15.1. The highest BCUT2D eigenvalue weighted by Crippen LogP contribution is 2.26. The van der Waals surface area contributed by atoms with E-state index in [0.717, 1.165) is 19.3 Å². The van der Waals surface area contributed by atoms with Gasteiger partial charge in [0, 0.05) is 24.7 Å². The smallest absolute Gasteiger partial charge is 0.293 e. The lowest BCUT2D eigenvalue weighted by Crippen LogP contribution is -2.19. The fourth-order valence-electron chi connectivity index (χ4n) is 1.94. The Morgan fingerprint density at radius 1 is 1.45 bits per heavy atom. The van der Waals surface area contributed by atoms with E-state index in [0.29, 0.717) is 5.69 Å². The van der Waals surface area contributed by atoms with Crippen molar-refractivity contribution in [1.82, 2.24) is 5.32 Å². The normalized spacial score (nSPS) is 11.8. The molecule has 0 aliphatic carbocycles. The molecule has 0 aliphatic heterocycles. The molecule has 0 bridgehead atoms. The lowest BCUT2D eigenvalue weighted by molar-refractivity contribution is -0.384. The number of benzene rings is 1. The molecule has 0 saturated heterocycles. The van der Waals surface area contributed by atoms with Gasteiger partial charge < -0.3 is 10.6 Å². The van der Waals surface area contributed by atoms with Crippen molar-refractivity contribution in [2.24, 2.45) is 0 Å². The molecule has 0 saturated carbocycles. The molecule has 0 spiro atoms. The van der Waals surface area contributed by atoms with E-state index in [1.54, 1.807) is 12.1 Å². The number of unbranched alkanes of at least 4 members (excludes halogenated alkanes) is 1. The van der Waals surface area contributed by atoms with Crippen LogP contribution >= 0.6 is 0 Å². The van der Waals surface area contributed by atoms with Crippen LogP contribution in [0.5, 0.6) is 0 Å². The van der Waals surface area contributed by atoms with Crippen LogP contribution < -0.4 is 10.6 Å². The molecule has 1 amide bonds. The Labute approximate surface area is 118 Å². The lowest BCUT2D eigenvalue weighted by atomic mass is 10.1. The maximum absolute atomic E-state index is 11.5. The highest BCUT2D eigenvalue weighted by atomic mass is 16.6. The predicted octanol–water partition coefficient (Wildman–Crippen LogP) is 2.95. The average Bonchev–Trinajstić information content (AvgIpc) is 2.44. The average molecular weight is 279 g/mol. The Kier molecular flexibility index (Phi) is 5.96. The molecule has 0 aliphatic rings. The number of amides is 1. The molecule has 20 heavy (non-hydrogen) atoms. The van der Waals surface area contributed by atoms with Crippen LogP contribution in [0.4, 0.5) is 11.4 Å². The van der Waals surface area contributed by atoms with Crippen molar-refractivity contribution in [2.75, 3.05) is 12.4 Å². The van der Waals surface area contributed by atoms with Gasteiger partial charge in [-0.25, -0.2) is 0 Å². The van der Waals surface area contributed by atoms with E-state index in [4.69, 9.17) is 0 Å². The number of nitrogens with zero attached hydrogens (tertiary/aromatic N) is 1. The molecule has 1 aromatic carbocycles. The molecular weight excluding hydrogens is 258 g/mol. The topological polar surface area (TPSA) is 84.3 Å². The lowest BCUT2D eigenvalue weighted by Gasteiger charge is -2.15. The monoisotopic (exact) mass is 279 g/mol. The second-order valence-corrected chi connectivity index (χ2v) is 4.76. The molecule has 6 nitrogen and oxygen atoms in total. The van der Waals surface area contributed by atoms with E-state index in [1.807, 2.05) is 6.92 Å². The number of rotatable bonds is 7. The molecule has 1 atom stereocenters. The van der Waals surface area contributed by atoms with Crippen molar-refractivity contribution in [3.63, 3.8) is 0 Å². The SMILES string of the molecule is CCCCC(C)Nc1ccc(C(=O)NC)cc1[N+](=O)[O-]. The summed E-state index contributed by atoms with van der Waals surface area (Å²) in [6.45, 7) is 4.10. The Balaban J connectivity index is 2.96. The maximum atomic E-state index is 11.5. The van der Waals surface area contributed by atoms with Crippen LogP contribution in [-0.2, 0) is 0 Å². The Morgan fingerprint density at radius 3 is 2.70 bits per heavy atom. The van der Waals surface area contributed by atoms with E-state index in [9.17, 15) is 14.9 Å². The number of nitro benzene ring substituents is 1. The molecule has 0 aromatic heterocycles. The highest BCUT2D eigenvalue weighted by Gasteiger charge is 2.18. The summed E-state index contributed by atoms with van der Waals surface area (Å²) in [6, 6.07) is 4.62.